The molecule has 0 N–H and O–H groups in total. The maximum Gasteiger partial charge on any atom is 0.0839 e. The highest BCUT2D eigenvalue weighted by atomic mass is 35.5. The zero-order valence-corrected chi connectivity index (χ0v) is 8.73. The van der Waals surface area contributed by atoms with Gasteiger partial charge in [-0.05, 0) is 13.3 Å². The van der Waals surface area contributed by atoms with Gasteiger partial charge in [0.15, 0.2) is 0 Å². The Morgan fingerprint density at radius 3 is 3.00 bits per heavy atom. The molecule has 0 unspecified atom stereocenters. The maximum absolute atomic E-state index is 5.47. The molecule has 0 aliphatic heterocycles. The fourth-order valence-corrected chi connectivity index (χ4v) is 1.18. The first-order chi connectivity index (χ1) is 6.27. The molecule has 2 nitrogen and oxygen atoms in total. The van der Waals surface area contributed by atoms with Crippen LogP contribution in [0.15, 0.2) is 6.20 Å². The van der Waals surface area contributed by atoms with Gasteiger partial charge >= 0.3 is 0 Å². The Labute approximate surface area is 83.9 Å². The molecular weight excluding hydrogens is 184 g/mol. The topological polar surface area (TPSA) is 17.8 Å². The molecular formula is C10H13ClN2. The molecule has 0 bridgehead atoms. The van der Waals surface area contributed by atoms with Crippen LogP contribution in [0.5, 0.6) is 0 Å². The second kappa shape index (κ2) is 4.94. The quantitative estimate of drug-likeness (QED) is 0.524. The summed E-state index contributed by atoms with van der Waals surface area (Å²) in [6, 6.07) is 0. The van der Waals surface area contributed by atoms with Gasteiger partial charge in [0.1, 0.15) is 0 Å². The lowest BCUT2D eigenvalue weighted by atomic mass is 10.3. The van der Waals surface area contributed by atoms with Crippen LogP contribution in [0.3, 0.4) is 0 Å². The van der Waals surface area contributed by atoms with Crippen molar-refractivity contribution in [1.29, 1.82) is 0 Å². The van der Waals surface area contributed by atoms with Crippen LogP contribution in [-0.2, 0) is 6.54 Å². The average Bonchev–Trinajstić information content (AvgIpc) is 2.44. The van der Waals surface area contributed by atoms with Crippen molar-refractivity contribution in [3.05, 3.63) is 17.5 Å². The van der Waals surface area contributed by atoms with Crippen LogP contribution in [0.2, 0.25) is 0 Å². The summed E-state index contributed by atoms with van der Waals surface area (Å²) in [6.07, 6.45) is 3.06. The Hall–Kier alpha value is -0.940. The van der Waals surface area contributed by atoms with Crippen LogP contribution in [0.25, 0.3) is 0 Å². The lowest BCUT2D eigenvalue weighted by Crippen LogP contribution is -1.96. The summed E-state index contributed by atoms with van der Waals surface area (Å²) in [4.78, 5) is 0. The lowest BCUT2D eigenvalue weighted by Gasteiger charge is -1.93. The highest BCUT2D eigenvalue weighted by molar-refractivity contribution is 6.19. The Bertz CT molecular complexity index is 330. The summed E-state index contributed by atoms with van der Waals surface area (Å²) in [5, 5.41) is 4.32. The van der Waals surface area contributed by atoms with Crippen molar-refractivity contribution in [2.45, 2.75) is 26.8 Å². The number of halogens is 1. The largest absolute Gasteiger partial charge is 0.271 e. The molecule has 3 heteroatoms. The van der Waals surface area contributed by atoms with E-state index in [0.717, 1.165) is 24.2 Å². The van der Waals surface area contributed by atoms with Crippen LogP contribution in [0.4, 0.5) is 0 Å². The summed E-state index contributed by atoms with van der Waals surface area (Å²) in [5.74, 6) is 6.17. The second-order valence-corrected chi connectivity index (χ2v) is 3.09. The number of rotatable bonds is 2. The minimum Gasteiger partial charge on any atom is -0.271 e. The van der Waals surface area contributed by atoms with Gasteiger partial charge in [-0.1, -0.05) is 18.8 Å². The molecule has 0 saturated heterocycles. The summed E-state index contributed by atoms with van der Waals surface area (Å²) < 4.78 is 1.92. The number of hydrogen-bond acceptors (Lipinski definition) is 1. The van der Waals surface area contributed by atoms with Crippen molar-refractivity contribution >= 4 is 11.6 Å². The smallest absolute Gasteiger partial charge is 0.0839 e. The fourth-order valence-electron chi connectivity index (χ4n) is 1.11. The van der Waals surface area contributed by atoms with Crippen molar-refractivity contribution in [3.63, 3.8) is 0 Å². The third-order valence-electron chi connectivity index (χ3n) is 1.69. The van der Waals surface area contributed by atoms with Crippen molar-refractivity contribution in [3.8, 4) is 11.8 Å². The SMILES string of the molecule is CCCn1cc(C#CCCl)c(C)n1. The third-order valence-corrected chi connectivity index (χ3v) is 1.82. The fraction of sp³-hybridized carbons (Fsp3) is 0.500. The molecule has 1 aromatic rings. The highest BCUT2D eigenvalue weighted by Crippen LogP contribution is 2.03. The average molecular weight is 197 g/mol. The molecule has 13 heavy (non-hydrogen) atoms. The zero-order valence-electron chi connectivity index (χ0n) is 7.97. The van der Waals surface area contributed by atoms with E-state index in [1.807, 2.05) is 17.8 Å². The number of alkyl halides is 1. The maximum atomic E-state index is 5.47. The summed E-state index contributed by atoms with van der Waals surface area (Å²) in [7, 11) is 0. The Morgan fingerprint density at radius 2 is 2.38 bits per heavy atom. The van der Waals surface area contributed by atoms with Crippen LogP contribution >= 0.6 is 11.6 Å². The van der Waals surface area contributed by atoms with E-state index in [1.165, 1.54) is 0 Å². The van der Waals surface area contributed by atoms with E-state index in [0.29, 0.717) is 5.88 Å². The molecule has 1 rings (SSSR count). The van der Waals surface area contributed by atoms with Crippen molar-refractivity contribution < 1.29 is 0 Å². The number of aryl methyl sites for hydroxylation is 2. The molecule has 0 aliphatic rings. The minimum absolute atomic E-state index is 0.373. The van der Waals surface area contributed by atoms with E-state index < -0.39 is 0 Å². The number of aromatic nitrogens is 2. The first-order valence-electron chi connectivity index (χ1n) is 4.36. The standard InChI is InChI=1S/C10H13ClN2/c1-3-7-13-8-10(5-4-6-11)9(2)12-13/h8H,3,6-7H2,1-2H3. The Balaban J connectivity index is 2.83. The van der Waals surface area contributed by atoms with E-state index in [9.17, 15) is 0 Å². The van der Waals surface area contributed by atoms with Gasteiger partial charge in [0.05, 0.1) is 17.1 Å². The number of nitrogens with zero attached hydrogens (tertiary/aromatic N) is 2. The molecule has 0 aliphatic carbocycles. The Kier molecular flexibility index (Phi) is 3.85. The minimum atomic E-state index is 0.373. The molecule has 0 fully saturated rings. The summed E-state index contributed by atoms with van der Waals surface area (Å²) >= 11 is 5.47. The highest BCUT2D eigenvalue weighted by Gasteiger charge is 2.00. The molecule has 1 aromatic heterocycles. The van der Waals surface area contributed by atoms with E-state index in [1.54, 1.807) is 0 Å². The number of hydrogen-bond donors (Lipinski definition) is 0. The van der Waals surface area contributed by atoms with Gasteiger partial charge in [-0.25, -0.2) is 0 Å². The zero-order chi connectivity index (χ0) is 9.68. The first-order valence-corrected chi connectivity index (χ1v) is 4.90. The van der Waals surface area contributed by atoms with E-state index in [4.69, 9.17) is 11.6 Å². The van der Waals surface area contributed by atoms with Gasteiger partial charge in [-0.3, -0.25) is 4.68 Å². The summed E-state index contributed by atoms with van der Waals surface area (Å²) in [6.45, 7) is 5.04. The molecule has 0 aromatic carbocycles. The monoisotopic (exact) mass is 196 g/mol. The first kappa shape index (κ1) is 10.1. The van der Waals surface area contributed by atoms with Crippen LogP contribution in [0.1, 0.15) is 24.6 Å². The van der Waals surface area contributed by atoms with Gasteiger partial charge < -0.3 is 0 Å². The van der Waals surface area contributed by atoms with Gasteiger partial charge in [-0.2, -0.15) is 5.10 Å². The van der Waals surface area contributed by atoms with Gasteiger partial charge in [-0.15, -0.1) is 11.6 Å². The normalized spacial score (nSPS) is 9.46. The van der Waals surface area contributed by atoms with Crippen molar-refractivity contribution in [2.75, 3.05) is 5.88 Å². The van der Waals surface area contributed by atoms with E-state index in [-0.39, 0.29) is 0 Å². The van der Waals surface area contributed by atoms with Crippen LogP contribution in [0, 0.1) is 18.8 Å². The molecule has 0 saturated carbocycles. The molecule has 0 atom stereocenters. The van der Waals surface area contributed by atoms with Gasteiger partial charge in [0.2, 0.25) is 0 Å². The van der Waals surface area contributed by atoms with Gasteiger partial charge in [0.25, 0.3) is 0 Å². The predicted octanol–water partition coefficient (Wildman–Crippen LogP) is 2.19. The van der Waals surface area contributed by atoms with Crippen molar-refractivity contribution in [1.82, 2.24) is 9.78 Å². The van der Waals surface area contributed by atoms with Crippen LogP contribution < -0.4 is 0 Å². The molecule has 0 amide bonds. The summed E-state index contributed by atoms with van der Waals surface area (Å²) in [5.41, 5.74) is 1.96. The van der Waals surface area contributed by atoms with Crippen LogP contribution in [-0.4, -0.2) is 15.7 Å². The van der Waals surface area contributed by atoms with E-state index >= 15 is 0 Å². The third kappa shape index (κ3) is 2.78. The van der Waals surface area contributed by atoms with E-state index in [2.05, 4.69) is 23.9 Å². The lowest BCUT2D eigenvalue weighted by molar-refractivity contribution is 0.598. The molecule has 0 radical (unpaired) electrons. The second-order valence-electron chi connectivity index (χ2n) is 2.83. The predicted molar refractivity (Wildman–Crippen MR) is 54.9 cm³/mol. The molecule has 70 valence electrons. The van der Waals surface area contributed by atoms with Gasteiger partial charge in [0, 0.05) is 12.7 Å². The molecule has 1 heterocycles. The van der Waals surface area contributed by atoms with Crippen molar-refractivity contribution in [2.24, 2.45) is 0 Å². The Morgan fingerprint density at radius 1 is 1.62 bits per heavy atom. The molecule has 0 spiro atoms.